The van der Waals surface area contributed by atoms with Crippen molar-refractivity contribution < 1.29 is 9.53 Å². The second kappa shape index (κ2) is 5.47. The monoisotopic (exact) mass is 306 g/mol. The van der Waals surface area contributed by atoms with E-state index in [4.69, 9.17) is 27.9 Å². The Morgan fingerprint density at radius 3 is 2.50 bits per heavy atom. The van der Waals surface area contributed by atoms with Crippen molar-refractivity contribution in [2.45, 2.75) is 12.8 Å². The zero-order valence-corrected chi connectivity index (χ0v) is 12.2. The predicted molar refractivity (Wildman–Crippen MR) is 80.2 cm³/mol. The predicted octanol–water partition coefficient (Wildman–Crippen LogP) is 4.55. The van der Waals surface area contributed by atoms with E-state index in [1.807, 2.05) is 12.1 Å². The number of benzene rings is 2. The molecule has 102 valence electrons. The molecule has 0 bridgehead atoms. The number of halogens is 2. The standard InChI is InChI=1S/C16H12Cl2O2/c17-13-7-12(8-14(18)9-13)16(19)11-3-4-15-10(6-11)2-1-5-20-15/h3-4,6-9H,1-2,5H2. The second-order valence-electron chi connectivity index (χ2n) is 4.76. The average molecular weight is 307 g/mol. The summed E-state index contributed by atoms with van der Waals surface area (Å²) >= 11 is 11.9. The lowest BCUT2D eigenvalue weighted by Crippen LogP contribution is -2.10. The fraction of sp³-hybridized carbons (Fsp3) is 0.188. The van der Waals surface area contributed by atoms with Crippen LogP contribution in [0.5, 0.6) is 5.75 Å². The number of ether oxygens (including phenoxy) is 1. The molecular formula is C16H12Cl2O2. The van der Waals surface area contributed by atoms with Crippen LogP contribution in [0.25, 0.3) is 0 Å². The summed E-state index contributed by atoms with van der Waals surface area (Å²) in [5.74, 6) is 0.791. The summed E-state index contributed by atoms with van der Waals surface area (Å²) in [5, 5.41) is 0.921. The number of carbonyl (C=O) groups is 1. The summed E-state index contributed by atoms with van der Waals surface area (Å²) in [6, 6.07) is 10.4. The molecule has 0 spiro atoms. The van der Waals surface area contributed by atoms with E-state index in [0.717, 1.165) is 30.8 Å². The Hall–Kier alpha value is -1.51. The van der Waals surface area contributed by atoms with E-state index in [2.05, 4.69) is 0 Å². The first-order valence-electron chi connectivity index (χ1n) is 6.40. The molecule has 0 aromatic heterocycles. The number of ketones is 1. The fourth-order valence-electron chi connectivity index (χ4n) is 2.35. The number of fused-ring (bicyclic) bond motifs is 1. The highest BCUT2D eigenvalue weighted by Gasteiger charge is 2.15. The highest BCUT2D eigenvalue weighted by atomic mass is 35.5. The SMILES string of the molecule is O=C(c1cc(Cl)cc(Cl)c1)c1ccc2c(c1)CCCO2. The van der Waals surface area contributed by atoms with Crippen LogP contribution in [0.3, 0.4) is 0 Å². The molecular weight excluding hydrogens is 295 g/mol. The van der Waals surface area contributed by atoms with Crippen LogP contribution in [0.2, 0.25) is 10.0 Å². The van der Waals surface area contributed by atoms with E-state index in [0.29, 0.717) is 21.2 Å². The van der Waals surface area contributed by atoms with Crippen molar-refractivity contribution in [3.8, 4) is 5.75 Å². The Labute approximate surface area is 127 Å². The van der Waals surface area contributed by atoms with Crippen molar-refractivity contribution >= 4 is 29.0 Å². The van der Waals surface area contributed by atoms with Crippen LogP contribution in [0, 0.1) is 0 Å². The van der Waals surface area contributed by atoms with Crippen LogP contribution in [0.15, 0.2) is 36.4 Å². The topological polar surface area (TPSA) is 26.3 Å². The van der Waals surface area contributed by atoms with Gasteiger partial charge >= 0.3 is 0 Å². The van der Waals surface area contributed by atoms with Gasteiger partial charge in [0.25, 0.3) is 0 Å². The first kappa shape index (κ1) is 13.5. The molecule has 0 atom stereocenters. The minimum atomic E-state index is -0.0808. The summed E-state index contributed by atoms with van der Waals surface area (Å²) < 4.78 is 5.55. The van der Waals surface area contributed by atoms with Gasteiger partial charge in [0, 0.05) is 21.2 Å². The van der Waals surface area contributed by atoms with E-state index in [1.54, 1.807) is 24.3 Å². The third-order valence-electron chi connectivity index (χ3n) is 3.30. The largest absolute Gasteiger partial charge is 0.493 e. The van der Waals surface area contributed by atoms with Crippen LogP contribution < -0.4 is 4.74 Å². The van der Waals surface area contributed by atoms with E-state index in [9.17, 15) is 4.79 Å². The summed E-state index contributed by atoms with van der Waals surface area (Å²) in [5.41, 5.74) is 2.21. The van der Waals surface area contributed by atoms with E-state index in [-0.39, 0.29) is 5.78 Å². The van der Waals surface area contributed by atoms with Gasteiger partial charge in [-0.05, 0) is 54.8 Å². The van der Waals surface area contributed by atoms with E-state index < -0.39 is 0 Å². The molecule has 0 unspecified atom stereocenters. The lowest BCUT2D eigenvalue weighted by Gasteiger charge is -2.17. The van der Waals surface area contributed by atoms with Crippen LogP contribution in [-0.2, 0) is 6.42 Å². The molecule has 20 heavy (non-hydrogen) atoms. The van der Waals surface area contributed by atoms with Crippen molar-refractivity contribution in [1.82, 2.24) is 0 Å². The summed E-state index contributed by atoms with van der Waals surface area (Å²) in [6.45, 7) is 0.740. The zero-order chi connectivity index (χ0) is 14.1. The number of hydrogen-bond donors (Lipinski definition) is 0. The van der Waals surface area contributed by atoms with Crippen molar-refractivity contribution in [3.63, 3.8) is 0 Å². The van der Waals surface area contributed by atoms with Gasteiger partial charge in [-0.25, -0.2) is 0 Å². The zero-order valence-electron chi connectivity index (χ0n) is 10.7. The minimum Gasteiger partial charge on any atom is -0.493 e. The van der Waals surface area contributed by atoms with Gasteiger partial charge in [0.05, 0.1) is 6.61 Å². The molecule has 0 radical (unpaired) electrons. The molecule has 3 rings (SSSR count). The molecule has 0 amide bonds. The van der Waals surface area contributed by atoms with Crippen LogP contribution >= 0.6 is 23.2 Å². The second-order valence-corrected chi connectivity index (χ2v) is 5.63. The minimum absolute atomic E-state index is 0.0808. The number of carbonyl (C=O) groups excluding carboxylic acids is 1. The first-order valence-corrected chi connectivity index (χ1v) is 7.15. The van der Waals surface area contributed by atoms with Gasteiger partial charge in [-0.15, -0.1) is 0 Å². The third-order valence-corrected chi connectivity index (χ3v) is 3.73. The molecule has 2 aromatic carbocycles. The molecule has 2 nitrogen and oxygen atoms in total. The molecule has 2 aromatic rings. The van der Waals surface area contributed by atoms with Crippen LogP contribution in [0.1, 0.15) is 27.9 Å². The van der Waals surface area contributed by atoms with Gasteiger partial charge in [0.2, 0.25) is 0 Å². The Kier molecular flexibility index (Phi) is 3.68. The molecule has 4 heteroatoms. The normalized spacial score (nSPS) is 13.5. The van der Waals surface area contributed by atoms with Crippen LogP contribution in [0.4, 0.5) is 0 Å². The van der Waals surface area contributed by atoms with Gasteiger partial charge in [-0.1, -0.05) is 23.2 Å². The van der Waals surface area contributed by atoms with E-state index in [1.165, 1.54) is 0 Å². The smallest absolute Gasteiger partial charge is 0.193 e. The maximum Gasteiger partial charge on any atom is 0.193 e. The van der Waals surface area contributed by atoms with Gasteiger partial charge in [-0.3, -0.25) is 4.79 Å². The van der Waals surface area contributed by atoms with Crippen molar-refractivity contribution in [1.29, 1.82) is 0 Å². The number of hydrogen-bond acceptors (Lipinski definition) is 2. The van der Waals surface area contributed by atoms with Crippen molar-refractivity contribution in [2.24, 2.45) is 0 Å². The average Bonchev–Trinajstić information content (AvgIpc) is 2.45. The quantitative estimate of drug-likeness (QED) is 0.761. The van der Waals surface area contributed by atoms with Crippen LogP contribution in [-0.4, -0.2) is 12.4 Å². The fourth-order valence-corrected chi connectivity index (χ4v) is 2.88. The Morgan fingerprint density at radius 1 is 1.00 bits per heavy atom. The molecule has 1 aliphatic heterocycles. The van der Waals surface area contributed by atoms with Gasteiger partial charge in [-0.2, -0.15) is 0 Å². The van der Waals surface area contributed by atoms with Gasteiger partial charge in [0.1, 0.15) is 5.75 Å². The summed E-state index contributed by atoms with van der Waals surface area (Å²) in [4.78, 5) is 12.5. The van der Waals surface area contributed by atoms with Crippen molar-refractivity contribution in [3.05, 3.63) is 63.1 Å². The number of aryl methyl sites for hydroxylation is 1. The Bertz CT molecular complexity index is 660. The lowest BCUT2D eigenvalue weighted by molar-refractivity contribution is 0.103. The molecule has 0 saturated heterocycles. The number of rotatable bonds is 2. The van der Waals surface area contributed by atoms with E-state index >= 15 is 0 Å². The lowest BCUT2D eigenvalue weighted by atomic mass is 9.98. The molecule has 1 aliphatic rings. The molecule has 0 N–H and O–H groups in total. The maximum atomic E-state index is 12.5. The highest BCUT2D eigenvalue weighted by Crippen LogP contribution is 2.27. The molecule has 0 fully saturated rings. The Morgan fingerprint density at radius 2 is 1.75 bits per heavy atom. The highest BCUT2D eigenvalue weighted by molar-refractivity contribution is 6.35. The van der Waals surface area contributed by atoms with Gasteiger partial charge in [0.15, 0.2) is 5.78 Å². The molecule has 0 saturated carbocycles. The summed E-state index contributed by atoms with van der Waals surface area (Å²) in [7, 11) is 0. The van der Waals surface area contributed by atoms with Crippen molar-refractivity contribution in [2.75, 3.05) is 6.61 Å². The molecule has 1 heterocycles. The first-order chi connectivity index (χ1) is 9.63. The molecule has 0 aliphatic carbocycles. The Balaban J connectivity index is 1.97. The third kappa shape index (κ3) is 2.67. The van der Waals surface area contributed by atoms with Gasteiger partial charge < -0.3 is 4.74 Å². The summed E-state index contributed by atoms with van der Waals surface area (Å²) in [6.07, 6.45) is 1.92. The maximum absolute atomic E-state index is 12.5.